The SMILES string of the molecule is C[C@H](O)c1nnc(-c2ccc3occ(-c4ccc(S(C)(=O)=O)cc4)c3c2)o1. The predicted molar refractivity (Wildman–Crippen MR) is 98.7 cm³/mol. The number of fused-ring (bicyclic) bond motifs is 1. The monoisotopic (exact) mass is 384 g/mol. The normalized spacial score (nSPS) is 13.1. The molecule has 0 spiro atoms. The Kier molecular flexibility index (Phi) is 4.09. The molecule has 0 unspecified atom stereocenters. The molecule has 7 nitrogen and oxygen atoms in total. The highest BCUT2D eigenvalue weighted by Crippen LogP contribution is 2.34. The fourth-order valence-corrected chi connectivity index (χ4v) is 3.42. The van der Waals surface area contributed by atoms with Crippen molar-refractivity contribution in [2.24, 2.45) is 0 Å². The summed E-state index contributed by atoms with van der Waals surface area (Å²) >= 11 is 0. The summed E-state index contributed by atoms with van der Waals surface area (Å²) < 4.78 is 34.4. The first-order chi connectivity index (χ1) is 12.8. The van der Waals surface area contributed by atoms with Crippen LogP contribution in [0.1, 0.15) is 18.9 Å². The first kappa shape index (κ1) is 17.4. The van der Waals surface area contributed by atoms with Gasteiger partial charge in [0.05, 0.1) is 11.2 Å². The number of nitrogens with zero attached hydrogens (tertiary/aromatic N) is 2. The molecule has 0 saturated carbocycles. The average molecular weight is 384 g/mol. The predicted octanol–water partition coefficient (Wildman–Crippen LogP) is 3.61. The van der Waals surface area contributed by atoms with Crippen molar-refractivity contribution in [1.82, 2.24) is 10.2 Å². The fourth-order valence-electron chi connectivity index (χ4n) is 2.79. The summed E-state index contributed by atoms with van der Waals surface area (Å²) in [6, 6.07) is 12.1. The van der Waals surface area contributed by atoms with Gasteiger partial charge in [0.2, 0.25) is 11.8 Å². The van der Waals surface area contributed by atoms with Crippen molar-refractivity contribution in [3.8, 4) is 22.6 Å². The summed E-state index contributed by atoms with van der Waals surface area (Å²) in [5.74, 6) is 0.446. The van der Waals surface area contributed by atoms with Gasteiger partial charge in [-0.25, -0.2) is 8.42 Å². The van der Waals surface area contributed by atoms with E-state index < -0.39 is 15.9 Å². The lowest BCUT2D eigenvalue weighted by Gasteiger charge is -2.02. The maximum atomic E-state index is 11.6. The Morgan fingerprint density at radius 1 is 1.04 bits per heavy atom. The molecule has 4 rings (SSSR count). The van der Waals surface area contributed by atoms with E-state index in [9.17, 15) is 13.5 Å². The van der Waals surface area contributed by atoms with E-state index in [0.717, 1.165) is 16.5 Å². The van der Waals surface area contributed by atoms with Crippen molar-refractivity contribution >= 4 is 20.8 Å². The van der Waals surface area contributed by atoms with Gasteiger partial charge in [-0.3, -0.25) is 0 Å². The van der Waals surface area contributed by atoms with Crippen molar-refractivity contribution in [2.75, 3.05) is 6.26 Å². The van der Waals surface area contributed by atoms with Crippen LogP contribution < -0.4 is 0 Å². The van der Waals surface area contributed by atoms with Gasteiger partial charge in [-0.1, -0.05) is 12.1 Å². The number of sulfone groups is 1. The number of aliphatic hydroxyl groups is 1. The number of aliphatic hydroxyl groups excluding tert-OH is 1. The van der Waals surface area contributed by atoms with Crippen molar-refractivity contribution in [3.63, 3.8) is 0 Å². The molecular formula is C19H16N2O5S. The Hall–Kier alpha value is -2.97. The molecule has 0 saturated heterocycles. The van der Waals surface area contributed by atoms with Crippen molar-refractivity contribution in [2.45, 2.75) is 17.9 Å². The summed E-state index contributed by atoms with van der Waals surface area (Å²) in [5.41, 5.74) is 3.02. The van der Waals surface area contributed by atoms with E-state index >= 15 is 0 Å². The molecular weight excluding hydrogens is 368 g/mol. The Labute approximate surface area is 155 Å². The molecule has 0 amide bonds. The molecule has 138 valence electrons. The van der Waals surface area contributed by atoms with E-state index in [0.29, 0.717) is 17.0 Å². The molecule has 4 aromatic rings. The van der Waals surface area contributed by atoms with Crippen LogP contribution in [-0.4, -0.2) is 30.0 Å². The minimum Gasteiger partial charge on any atom is -0.464 e. The molecule has 0 aliphatic carbocycles. The maximum Gasteiger partial charge on any atom is 0.247 e. The minimum atomic E-state index is -3.25. The summed E-state index contributed by atoms with van der Waals surface area (Å²) in [5, 5.41) is 18.2. The van der Waals surface area contributed by atoms with Crippen LogP contribution in [-0.2, 0) is 9.84 Å². The van der Waals surface area contributed by atoms with Gasteiger partial charge in [0.15, 0.2) is 9.84 Å². The second-order valence-electron chi connectivity index (χ2n) is 6.28. The Bertz CT molecular complexity index is 1220. The Balaban J connectivity index is 1.78. The zero-order chi connectivity index (χ0) is 19.2. The molecule has 8 heteroatoms. The molecule has 0 radical (unpaired) electrons. The summed E-state index contributed by atoms with van der Waals surface area (Å²) in [7, 11) is -3.25. The fraction of sp³-hybridized carbons (Fsp3) is 0.158. The highest BCUT2D eigenvalue weighted by Gasteiger charge is 2.15. The van der Waals surface area contributed by atoms with E-state index in [1.165, 1.54) is 6.26 Å². The van der Waals surface area contributed by atoms with Crippen molar-refractivity contribution in [3.05, 3.63) is 54.6 Å². The molecule has 0 aliphatic heterocycles. The third-order valence-corrected chi connectivity index (χ3v) is 5.34. The average Bonchev–Trinajstić information content (AvgIpc) is 3.28. The smallest absolute Gasteiger partial charge is 0.247 e. The Morgan fingerprint density at radius 2 is 1.74 bits per heavy atom. The van der Waals surface area contributed by atoms with Gasteiger partial charge in [-0.05, 0) is 42.8 Å². The lowest BCUT2D eigenvalue weighted by atomic mass is 10.0. The van der Waals surface area contributed by atoms with E-state index in [-0.39, 0.29) is 10.8 Å². The van der Waals surface area contributed by atoms with Crippen LogP contribution in [0, 0.1) is 0 Å². The molecule has 2 aromatic heterocycles. The van der Waals surface area contributed by atoms with Crippen LogP contribution in [0.4, 0.5) is 0 Å². The molecule has 0 bridgehead atoms. The minimum absolute atomic E-state index is 0.147. The second kappa shape index (κ2) is 6.33. The number of hydrogen-bond acceptors (Lipinski definition) is 7. The van der Waals surface area contributed by atoms with Crippen LogP contribution in [0.2, 0.25) is 0 Å². The second-order valence-corrected chi connectivity index (χ2v) is 8.29. The lowest BCUT2D eigenvalue weighted by molar-refractivity contribution is 0.163. The lowest BCUT2D eigenvalue weighted by Crippen LogP contribution is -1.96. The quantitative estimate of drug-likeness (QED) is 0.573. The number of rotatable bonds is 4. The van der Waals surface area contributed by atoms with Crippen molar-refractivity contribution in [1.29, 1.82) is 0 Å². The van der Waals surface area contributed by atoms with E-state index in [1.54, 1.807) is 49.6 Å². The van der Waals surface area contributed by atoms with Crippen LogP contribution in [0.15, 0.2) is 62.5 Å². The van der Waals surface area contributed by atoms with Gasteiger partial charge >= 0.3 is 0 Å². The standard InChI is InChI=1S/C19H16N2O5S/c1-11(22)18-20-21-19(26-18)13-5-8-17-15(9-13)16(10-25-17)12-3-6-14(7-4-12)27(2,23)24/h3-11,22H,1-2H3/t11-/m0/s1. The van der Waals surface area contributed by atoms with Gasteiger partial charge in [-0.15, -0.1) is 10.2 Å². The van der Waals surface area contributed by atoms with E-state index in [4.69, 9.17) is 8.83 Å². The van der Waals surface area contributed by atoms with Gasteiger partial charge in [0.25, 0.3) is 0 Å². The topological polar surface area (TPSA) is 106 Å². The molecule has 1 atom stereocenters. The van der Waals surface area contributed by atoms with Crippen LogP contribution in [0.5, 0.6) is 0 Å². The third-order valence-electron chi connectivity index (χ3n) is 4.21. The Morgan fingerprint density at radius 3 is 2.37 bits per heavy atom. The first-order valence-corrected chi connectivity index (χ1v) is 10.1. The molecule has 27 heavy (non-hydrogen) atoms. The van der Waals surface area contributed by atoms with Gasteiger partial charge in [-0.2, -0.15) is 0 Å². The number of benzene rings is 2. The molecule has 0 fully saturated rings. The number of furan rings is 1. The largest absolute Gasteiger partial charge is 0.464 e. The van der Waals surface area contributed by atoms with Crippen LogP contribution in [0.3, 0.4) is 0 Å². The molecule has 2 aromatic carbocycles. The van der Waals surface area contributed by atoms with Gasteiger partial charge < -0.3 is 13.9 Å². The van der Waals surface area contributed by atoms with E-state index in [1.807, 2.05) is 6.07 Å². The number of hydrogen-bond donors (Lipinski definition) is 1. The van der Waals surface area contributed by atoms with Crippen molar-refractivity contribution < 1.29 is 22.4 Å². The molecule has 0 aliphatic rings. The summed E-state index contributed by atoms with van der Waals surface area (Å²) in [6.07, 6.45) is 1.96. The highest BCUT2D eigenvalue weighted by atomic mass is 32.2. The highest BCUT2D eigenvalue weighted by molar-refractivity contribution is 7.90. The zero-order valence-electron chi connectivity index (χ0n) is 14.6. The maximum absolute atomic E-state index is 11.6. The summed E-state index contributed by atoms with van der Waals surface area (Å²) in [4.78, 5) is 0.260. The zero-order valence-corrected chi connectivity index (χ0v) is 15.4. The molecule has 2 heterocycles. The van der Waals surface area contributed by atoms with Gasteiger partial charge in [0, 0.05) is 22.8 Å². The number of aromatic nitrogens is 2. The van der Waals surface area contributed by atoms with Crippen LogP contribution >= 0.6 is 0 Å². The van der Waals surface area contributed by atoms with E-state index in [2.05, 4.69) is 10.2 Å². The molecule has 1 N–H and O–H groups in total. The summed E-state index contributed by atoms with van der Waals surface area (Å²) in [6.45, 7) is 1.55. The van der Waals surface area contributed by atoms with Gasteiger partial charge in [0.1, 0.15) is 11.7 Å². The first-order valence-electron chi connectivity index (χ1n) is 8.16. The third kappa shape index (κ3) is 3.24. The van der Waals surface area contributed by atoms with Crippen LogP contribution in [0.25, 0.3) is 33.6 Å².